The normalized spacial score (nSPS) is 10.5. The Kier molecular flexibility index (Phi) is 6.62. The van der Waals surface area contributed by atoms with Gasteiger partial charge in [-0.05, 0) is 30.5 Å². The molecule has 0 aliphatic heterocycles. The fourth-order valence-electron chi connectivity index (χ4n) is 2.35. The van der Waals surface area contributed by atoms with Gasteiger partial charge in [-0.15, -0.1) is 0 Å². The van der Waals surface area contributed by atoms with Crippen LogP contribution < -0.4 is 5.32 Å². The molecule has 1 aromatic carbocycles. The van der Waals surface area contributed by atoms with E-state index >= 15 is 0 Å². The summed E-state index contributed by atoms with van der Waals surface area (Å²) in [5.41, 5.74) is 2.23. The second kappa shape index (κ2) is 8.95. The van der Waals surface area contributed by atoms with Crippen LogP contribution in [-0.4, -0.2) is 45.5 Å². The Labute approximate surface area is 136 Å². The third-order valence-corrected chi connectivity index (χ3v) is 3.68. The van der Waals surface area contributed by atoms with Crippen molar-refractivity contribution >= 4 is 6.03 Å². The fourth-order valence-corrected chi connectivity index (χ4v) is 2.35. The van der Waals surface area contributed by atoms with Crippen molar-refractivity contribution in [2.45, 2.75) is 26.4 Å². The lowest BCUT2D eigenvalue weighted by Crippen LogP contribution is -2.41. The van der Waals surface area contributed by atoms with Crippen molar-refractivity contribution in [1.82, 2.24) is 20.0 Å². The molecule has 1 heterocycles. The maximum absolute atomic E-state index is 12.3. The number of aliphatic hydroxyl groups is 1. The van der Waals surface area contributed by atoms with Gasteiger partial charge in [-0.1, -0.05) is 24.3 Å². The van der Waals surface area contributed by atoms with Crippen LogP contribution in [0.5, 0.6) is 0 Å². The predicted molar refractivity (Wildman–Crippen MR) is 88.9 cm³/mol. The quantitative estimate of drug-likeness (QED) is 0.729. The van der Waals surface area contributed by atoms with Crippen LogP contribution in [0.2, 0.25) is 0 Å². The Hall–Kier alpha value is -2.34. The van der Waals surface area contributed by atoms with Crippen molar-refractivity contribution in [2.24, 2.45) is 0 Å². The van der Waals surface area contributed by atoms with E-state index in [4.69, 9.17) is 0 Å². The third-order valence-electron chi connectivity index (χ3n) is 3.68. The average Bonchev–Trinajstić information content (AvgIpc) is 3.06. The molecule has 6 nitrogen and oxygen atoms in total. The zero-order chi connectivity index (χ0) is 16.5. The van der Waals surface area contributed by atoms with Crippen LogP contribution >= 0.6 is 0 Å². The molecule has 0 bridgehead atoms. The topological polar surface area (TPSA) is 70.4 Å². The molecule has 0 atom stereocenters. The molecule has 0 unspecified atom stereocenters. The van der Waals surface area contributed by atoms with Gasteiger partial charge in [0.1, 0.15) is 0 Å². The maximum atomic E-state index is 12.3. The van der Waals surface area contributed by atoms with Gasteiger partial charge in [0.25, 0.3) is 0 Å². The van der Waals surface area contributed by atoms with Crippen molar-refractivity contribution in [1.29, 1.82) is 0 Å². The third kappa shape index (κ3) is 5.41. The largest absolute Gasteiger partial charge is 0.395 e. The summed E-state index contributed by atoms with van der Waals surface area (Å²) in [6.45, 7) is 4.14. The fraction of sp³-hybridized carbons (Fsp3) is 0.412. The van der Waals surface area contributed by atoms with E-state index in [0.29, 0.717) is 19.6 Å². The smallest absolute Gasteiger partial charge is 0.317 e. The van der Waals surface area contributed by atoms with E-state index in [1.807, 2.05) is 48.1 Å². The van der Waals surface area contributed by atoms with E-state index in [9.17, 15) is 9.90 Å². The number of urea groups is 1. The Morgan fingerprint density at radius 3 is 2.87 bits per heavy atom. The molecule has 0 saturated carbocycles. The number of aliphatic hydroxyl groups excluding tert-OH is 1. The van der Waals surface area contributed by atoms with E-state index in [1.165, 1.54) is 0 Å². The zero-order valence-electron chi connectivity index (χ0n) is 13.5. The molecular weight excluding hydrogens is 292 g/mol. The highest BCUT2D eigenvalue weighted by Crippen LogP contribution is 2.10. The van der Waals surface area contributed by atoms with Gasteiger partial charge in [-0.2, -0.15) is 5.10 Å². The summed E-state index contributed by atoms with van der Waals surface area (Å²) in [7, 11) is 0. The number of rotatable bonds is 8. The van der Waals surface area contributed by atoms with Crippen LogP contribution in [0.15, 0.2) is 42.7 Å². The van der Waals surface area contributed by atoms with Crippen LogP contribution in [0.3, 0.4) is 0 Å². The lowest BCUT2D eigenvalue weighted by molar-refractivity contribution is 0.174. The summed E-state index contributed by atoms with van der Waals surface area (Å²) >= 11 is 0. The Morgan fingerprint density at radius 1 is 1.35 bits per heavy atom. The van der Waals surface area contributed by atoms with E-state index in [1.54, 1.807) is 11.1 Å². The van der Waals surface area contributed by atoms with E-state index in [2.05, 4.69) is 10.4 Å². The molecule has 23 heavy (non-hydrogen) atoms. The standard InChI is InChI=1S/C17H24N4O2/c1-15-6-2-3-7-16(15)14-20(12-13-22)17(23)18-8-4-10-21-11-5-9-19-21/h2-3,5-7,9,11,22H,4,8,10,12-14H2,1H3,(H,18,23). The number of hydrogen-bond donors (Lipinski definition) is 2. The maximum Gasteiger partial charge on any atom is 0.317 e. The molecule has 0 aliphatic rings. The summed E-state index contributed by atoms with van der Waals surface area (Å²) in [5, 5.41) is 16.2. The number of hydrogen-bond acceptors (Lipinski definition) is 3. The number of carbonyl (C=O) groups is 1. The summed E-state index contributed by atoms with van der Waals surface area (Å²) in [6.07, 6.45) is 4.45. The molecule has 0 aliphatic carbocycles. The lowest BCUT2D eigenvalue weighted by atomic mass is 10.1. The first-order chi connectivity index (χ1) is 11.2. The average molecular weight is 316 g/mol. The molecule has 0 radical (unpaired) electrons. The number of amides is 2. The van der Waals surface area contributed by atoms with Crippen LogP contribution in [0.1, 0.15) is 17.5 Å². The predicted octanol–water partition coefficient (Wildman–Crippen LogP) is 1.79. The molecule has 0 fully saturated rings. The summed E-state index contributed by atoms with van der Waals surface area (Å²) in [6, 6.07) is 9.69. The van der Waals surface area contributed by atoms with Crippen molar-refractivity contribution in [2.75, 3.05) is 19.7 Å². The summed E-state index contributed by atoms with van der Waals surface area (Å²) in [5.74, 6) is 0. The Morgan fingerprint density at radius 2 is 2.17 bits per heavy atom. The van der Waals surface area contributed by atoms with Crippen molar-refractivity contribution in [3.05, 3.63) is 53.9 Å². The van der Waals surface area contributed by atoms with Crippen molar-refractivity contribution < 1.29 is 9.90 Å². The van der Waals surface area contributed by atoms with E-state index in [0.717, 1.165) is 24.1 Å². The summed E-state index contributed by atoms with van der Waals surface area (Å²) < 4.78 is 1.84. The minimum Gasteiger partial charge on any atom is -0.395 e. The number of benzene rings is 1. The Bertz CT molecular complexity index is 598. The monoisotopic (exact) mass is 316 g/mol. The van der Waals surface area contributed by atoms with Gasteiger partial charge in [0, 0.05) is 38.6 Å². The van der Waals surface area contributed by atoms with Crippen molar-refractivity contribution in [3.8, 4) is 0 Å². The van der Waals surface area contributed by atoms with Crippen LogP contribution in [0.4, 0.5) is 4.79 Å². The molecule has 0 saturated heterocycles. The van der Waals surface area contributed by atoms with Gasteiger partial charge in [0.15, 0.2) is 0 Å². The molecule has 2 aromatic rings. The van der Waals surface area contributed by atoms with Crippen LogP contribution in [0.25, 0.3) is 0 Å². The number of aromatic nitrogens is 2. The second-order valence-corrected chi connectivity index (χ2v) is 5.43. The van der Waals surface area contributed by atoms with Crippen LogP contribution in [0, 0.1) is 6.92 Å². The molecule has 2 rings (SSSR count). The molecule has 1 aromatic heterocycles. The first-order valence-corrected chi connectivity index (χ1v) is 7.86. The highest BCUT2D eigenvalue weighted by molar-refractivity contribution is 5.74. The first-order valence-electron chi connectivity index (χ1n) is 7.86. The molecule has 2 amide bonds. The summed E-state index contributed by atoms with van der Waals surface area (Å²) in [4.78, 5) is 13.9. The second-order valence-electron chi connectivity index (χ2n) is 5.43. The number of nitrogens with one attached hydrogen (secondary N) is 1. The Balaban J connectivity index is 1.81. The molecular formula is C17H24N4O2. The van der Waals surface area contributed by atoms with Gasteiger partial charge >= 0.3 is 6.03 Å². The zero-order valence-corrected chi connectivity index (χ0v) is 13.5. The van der Waals surface area contributed by atoms with E-state index in [-0.39, 0.29) is 12.6 Å². The van der Waals surface area contributed by atoms with Gasteiger partial charge < -0.3 is 15.3 Å². The molecule has 0 spiro atoms. The highest BCUT2D eigenvalue weighted by Gasteiger charge is 2.13. The van der Waals surface area contributed by atoms with Gasteiger partial charge in [0.05, 0.1) is 6.61 Å². The highest BCUT2D eigenvalue weighted by atomic mass is 16.3. The number of aryl methyl sites for hydroxylation is 2. The SMILES string of the molecule is Cc1ccccc1CN(CCO)C(=O)NCCCn1cccn1. The molecule has 6 heteroatoms. The minimum atomic E-state index is -0.150. The lowest BCUT2D eigenvalue weighted by Gasteiger charge is -2.23. The number of carbonyl (C=O) groups excluding carboxylic acids is 1. The van der Waals surface area contributed by atoms with Crippen molar-refractivity contribution in [3.63, 3.8) is 0 Å². The van der Waals surface area contributed by atoms with Gasteiger partial charge in [-0.3, -0.25) is 4.68 Å². The molecule has 2 N–H and O–H groups in total. The van der Waals surface area contributed by atoms with E-state index < -0.39 is 0 Å². The minimum absolute atomic E-state index is 0.0490. The first kappa shape index (κ1) is 17.0. The van der Waals surface area contributed by atoms with Gasteiger partial charge in [0.2, 0.25) is 0 Å². The number of nitrogens with zero attached hydrogens (tertiary/aromatic N) is 3. The van der Waals surface area contributed by atoms with Gasteiger partial charge in [-0.25, -0.2) is 4.79 Å². The molecule has 124 valence electrons. The van der Waals surface area contributed by atoms with Crippen LogP contribution in [-0.2, 0) is 13.1 Å².